The van der Waals surface area contributed by atoms with Gasteiger partial charge in [-0.25, -0.2) is 4.39 Å². The lowest BCUT2D eigenvalue weighted by Crippen LogP contribution is -2.10. The van der Waals surface area contributed by atoms with E-state index in [-0.39, 0.29) is 11.9 Å². The molecule has 1 nitrogen and oxygen atoms in total. The highest BCUT2D eigenvalue weighted by atomic mass is 79.9. The van der Waals surface area contributed by atoms with Crippen LogP contribution in [0.5, 0.6) is 0 Å². The van der Waals surface area contributed by atoms with E-state index in [9.17, 15) is 4.39 Å². The monoisotopic (exact) mass is 335 g/mol. The van der Waals surface area contributed by atoms with Gasteiger partial charge in [-0.1, -0.05) is 17.7 Å². The third-order valence-corrected chi connectivity index (χ3v) is 4.13. The molecule has 0 bridgehead atoms. The number of benzene rings is 2. The van der Waals surface area contributed by atoms with Crippen molar-refractivity contribution in [3.8, 4) is 0 Å². The molecule has 2 rings (SSSR count). The Bertz CT molecular complexity index is 614. The Morgan fingerprint density at radius 1 is 1.05 bits per heavy atom. The zero-order chi connectivity index (χ0) is 14.9. The summed E-state index contributed by atoms with van der Waals surface area (Å²) in [5.41, 5.74) is 6.03. The number of aryl methyl sites for hydroxylation is 3. The SMILES string of the molecule is Cc1cc(C)c(C(C)Nc2ccc(F)cc2Br)c(C)c1. The lowest BCUT2D eigenvalue weighted by Gasteiger charge is -2.21. The molecule has 0 saturated carbocycles. The van der Waals surface area contributed by atoms with Gasteiger partial charge in [0.1, 0.15) is 5.82 Å². The molecule has 20 heavy (non-hydrogen) atoms. The van der Waals surface area contributed by atoms with Gasteiger partial charge in [-0.15, -0.1) is 0 Å². The van der Waals surface area contributed by atoms with Gasteiger partial charge in [0.15, 0.2) is 0 Å². The number of nitrogens with one attached hydrogen (secondary N) is 1. The van der Waals surface area contributed by atoms with E-state index in [1.807, 2.05) is 0 Å². The first-order valence-corrected chi connectivity index (χ1v) is 7.47. The van der Waals surface area contributed by atoms with Crippen LogP contribution in [0.2, 0.25) is 0 Å². The minimum absolute atomic E-state index is 0.164. The van der Waals surface area contributed by atoms with Crippen LogP contribution in [0.1, 0.15) is 35.2 Å². The smallest absolute Gasteiger partial charge is 0.124 e. The molecule has 0 aliphatic carbocycles. The summed E-state index contributed by atoms with van der Waals surface area (Å²) < 4.78 is 13.9. The highest BCUT2D eigenvalue weighted by Gasteiger charge is 2.13. The Balaban J connectivity index is 2.31. The molecule has 3 heteroatoms. The average Bonchev–Trinajstić information content (AvgIpc) is 2.31. The largest absolute Gasteiger partial charge is 0.378 e. The lowest BCUT2D eigenvalue weighted by molar-refractivity contribution is 0.627. The van der Waals surface area contributed by atoms with Crippen molar-refractivity contribution in [3.63, 3.8) is 0 Å². The summed E-state index contributed by atoms with van der Waals surface area (Å²) in [4.78, 5) is 0. The molecule has 0 aliphatic heterocycles. The number of hydrogen-bond donors (Lipinski definition) is 1. The zero-order valence-electron chi connectivity index (χ0n) is 12.2. The number of halogens is 2. The highest BCUT2D eigenvalue weighted by Crippen LogP contribution is 2.30. The maximum Gasteiger partial charge on any atom is 0.124 e. The van der Waals surface area contributed by atoms with Crippen LogP contribution in [0.25, 0.3) is 0 Å². The number of hydrogen-bond acceptors (Lipinski definition) is 1. The molecular formula is C17H19BrFN. The first-order valence-electron chi connectivity index (χ1n) is 6.68. The van der Waals surface area contributed by atoms with Gasteiger partial charge >= 0.3 is 0 Å². The van der Waals surface area contributed by atoms with E-state index in [1.54, 1.807) is 6.07 Å². The molecule has 1 unspecified atom stereocenters. The van der Waals surface area contributed by atoms with Gasteiger partial charge in [0, 0.05) is 16.2 Å². The van der Waals surface area contributed by atoms with Crippen LogP contribution in [-0.2, 0) is 0 Å². The van der Waals surface area contributed by atoms with E-state index >= 15 is 0 Å². The summed E-state index contributed by atoms with van der Waals surface area (Å²) >= 11 is 3.39. The molecule has 0 radical (unpaired) electrons. The van der Waals surface area contributed by atoms with Gasteiger partial charge in [0.05, 0.1) is 0 Å². The fourth-order valence-corrected chi connectivity index (χ4v) is 3.25. The highest BCUT2D eigenvalue weighted by molar-refractivity contribution is 9.10. The van der Waals surface area contributed by atoms with E-state index < -0.39 is 0 Å². The second-order valence-electron chi connectivity index (χ2n) is 5.30. The molecule has 2 aromatic rings. The molecule has 1 N–H and O–H groups in total. The lowest BCUT2D eigenvalue weighted by atomic mass is 9.95. The summed E-state index contributed by atoms with van der Waals surface area (Å²) in [5, 5.41) is 3.44. The molecule has 0 saturated heterocycles. The number of rotatable bonds is 3. The average molecular weight is 336 g/mol. The van der Waals surface area contributed by atoms with Crippen molar-refractivity contribution in [2.45, 2.75) is 33.7 Å². The molecule has 0 heterocycles. The fraction of sp³-hybridized carbons (Fsp3) is 0.294. The summed E-state index contributed by atoms with van der Waals surface area (Å²) in [6, 6.07) is 9.26. The first-order chi connectivity index (χ1) is 9.38. The Hall–Kier alpha value is -1.35. The maximum atomic E-state index is 13.1. The fourth-order valence-electron chi connectivity index (χ4n) is 2.79. The standard InChI is InChI=1S/C17H19BrFN/c1-10-7-11(2)17(12(3)8-10)13(4)20-16-6-5-14(19)9-15(16)18/h5-9,13,20H,1-4H3. The summed E-state index contributed by atoms with van der Waals surface area (Å²) in [5.74, 6) is -0.238. The van der Waals surface area contributed by atoms with E-state index in [0.717, 1.165) is 10.2 Å². The van der Waals surface area contributed by atoms with Crippen LogP contribution in [0.4, 0.5) is 10.1 Å². The van der Waals surface area contributed by atoms with Gasteiger partial charge in [-0.3, -0.25) is 0 Å². The van der Waals surface area contributed by atoms with E-state index in [0.29, 0.717) is 0 Å². The Kier molecular flexibility index (Phi) is 4.48. The van der Waals surface area contributed by atoms with Crippen molar-refractivity contribution in [3.05, 3.63) is 62.9 Å². The molecule has 106 valence electrons. The molecular weight excluding hydrogens is 317 g/mol. The van der Waals surface area contributed by atoms with Crippen molar-refractivity contribution < 1.29 is 4.39 Å². The number of anilines is 1. The van der Waals surface area contributed by atoms with Crippen molar-refractivity contribution in [2.75, 3.05) is 5.32 Å². The van der Waals surface area contributed by atoms with Crippen LogP contribution in [0.15, 0.2) is 34.8 Å². The van der Waals surface area contributed by atoms with Gasteiger partial charge in [0.2, 0.25) is 0 Å². The molecule has 0 amide bonds. The van der Waals surface area contributed by atoms with E-state index in [4.69, 9.17) is 0 Å². The van der Waals surface area contributed by atoms with Crippen molar-refractivity contribution in [2.24, 2.45) is 0 Å². The Labute approximate surface area is 128 Å². The van der Waals surface area contributed by atoms with Gasteiger partial charge < -0.3 is 5.32 Å². The van der Waals surface area contributed by atoms with E-state index in [1.165, 1.54) is 34.4 Å². The Morgan fingerprint density at radius 3 is 2.20 bits per heavy atom. The second-order valence-corrected chi connectivity index (χ2v) is 6.16. The minimum atomic E-state index is -0.238. The normalized spacial score (nSPS) is 12.3. The molecule has 1 atom stereocenters. The molecule has 0 aliphatic rings. The van der Waals surface area contributed by atoms with Crippen molar-refractivity contribution in [1.82, 2.24) is 0 Å². The molecule has 2 aromatic carbocycles. The molecule has 0 spiro atoms. The summed E-state index contributed by atoms with van der Waals surface area (Å²) in [6.07, 6.45) is 0. The third-order valence-electron chi connectivity index (χ3n) is 3.47. The van der Waals surface area contributed by atoms with Crippen LogP contribution in [0.3, 0.4) is 0 Å². The van der Waals surface area contributed by atoms with Gasteiger partial charge in [0.25, 0.3) is 0 Å². The zero-order valence-corrected chi connectivity index (χ0v) is 13.8. The predicted octanol–water partition coefficient (Wildman–Crippen LogP) is 5.69. The minimum Gasteiger partial charge on any atom is -0.378 e. The van der Waals surface area contributed by atoms with Gasteiger partial charge in [-0.05, 0) is 78.5 Å². The van der Waals surface area contributed by atoms with Crippen LogP contribution in [0, 0.1) is 26.6 Å². The first kappa shape index (κ1) is 15.0. The van der Waals surface area contributed by atoms with Gasteiger partial charge in [-0.2, -0.15) is 0 Å². The van der Waals surface area contributed by atoms with Crippen molar-refractivity contribution in [1.29, 1.82) is 0 Å². The van der Waals surface area contributed by atoms with Crippen LogP contribution in [-0.4, -0.2) is 0 Å². The van der Waals surface area contributed by atoms with Crippen LogP contribution >= 0.6 is 15.9 Å². The Morgan fingerprint density at radius 2 is 1.65 bits per heavy atom. The topological polar surface area (TPSA) is 12.0 Å². The maximum absolute atomic E-state index is 13.1. The van der Waals surface area contributed by atoms with E-state index in [2.05, 4.69) is 61.1 Å². The molecule has 0 fully saturated rings. The third kappa shape index (κ3) is 3.21. The summed E-state index contributed by atoms with van der Waals surface area (Å²) in [7, 11) is 0. The van der Waals surface area contributed by atoms with Crippen LogP contribution < -0.4 is 5.32 Å². The predicted molar refractivity (Wildman–Crippen MR) is 86.8 cm³/mol. The second kappa shape index (κ2) is 5.96. The molecule has 0 aromatic heterocycles. The quantitative estimate of drug-likeness (QED) is 0.760. The summed E-state index contributed by atoms with van der Waals surface area (Å²) in [6.45, 7) is 8.50. The van der Waals surface area contributed by atoms with Crippen molar-refractivity contribution >= 4 is 21.6 Å².